The van der Waals surface area contributed by atoms with Crippen molar-refractivity contribution in [2.45, 2.75) is 19.3 Å². The largest absolute Gasteiger partial charge is 0.291 e. The van der Waals surface area contributed by atoms with Gasteiger partial charge in [-0.25, -0.2) is 0 Å². The Kier molecular flexibility index (Phi) is 2.34. The molecule has 1 aliphatic carbocycles. The van der Waals surface area contributed by atoms with Crippen LogP contribution in [0.1, 0.15) is 19.3 Å². The van der Waals surface area contributed by atoms with Gasteiger partial charge in [-0.3, -0.25) is 4.79 Å². The van der Waals surface area contributed by atoms with E-state index in [0.717, 1.165) is 19.3 Å². The van der Waals surface area contributed by atoms with Crippen molar-refractivity contribution in [3.63, 3.8) is 0 Å². The molecule has 0 aliphatic heterocycles. The Morgan fingerprint density at radius 1 is 1.56 bits per heavy atom. The average molecular weight is 141 g/mol. The number of carbonyl (C=O) groups excluding carboxylic acids is 1. The van der Waals surface area contributed by atoms with Gasteiger partial charge >= 0.3 is 0 Å². The van der Waals surface area contributed by atoms with Crippen LogP contribution in [-0.2, 0) is 4.79 Å². The first-order valence-electron chi connectivity index (χ1n) is 3.21. The second-order valence-electron chi connectivity index (χ2n) is 2.46. The third-order valence-corrected chi connectivity index (χ3v) is 2.25. The fourth-order valence-electron chi connectivity index (χ4n) is 1.30. The molecule has 1 aliphatic rings. The maximum Gasteiger partial charge on any atom is 0.202 e. The van der Waals surface area contributed by atoms with Crippen LogP contribution in [-0.4, -0.2) is 11.7 Å². The van der Waals surface area contributed by atoms with E-state index in [2.05, 4.69) is 0 Å². The van der Waals surface area contributed by atoms with E-state index in [0.29, 0.717) is 5.92 Å². The van der Waals surface area contributed by atoms with E-state index in [1.54, 1.807) is 5.37 Å². The third kappa shape index (κ3) is 1.36. The van der Waals surface area contributed by atoms with Crippen LogP contribution in [0.4, 0.5) is 0 Å². The van der Waals surface area contributed by atoms with Crippen LogP contribution in [0, 0.1) is 11.8 Å². The highest BCUT2D eigenvalue weighted by molar-refractivity contribution is 7.79. The van der Waals surface area contributed by atoms with Crippen molar-refractivity contribution >= 4 is 23.9 Å². The van der Waals surface area contributed by atoms with Gasteiger partial charge in [-0.2, -0.15) is 0 Å². The molecule has 1 saturated carbocycles. The molecule has 2 heteroatoms. The van der Waals surface area contributed by atoms with Crippen molar-refractivity contribution in [3.05, 3.63) is 0 Å². The monoisotopic (exact) mass is 141 g/mol. The zero-order valence-corrected chi connectivity index (χ0v) is 5.99. The molecule has 0 aromatic carbocycles. The zero-order chi connectivity index (χ0) is 6.69. The van der Waals surface area contributed by atoms with E-state index in [-0.39, 0.29) is 5.92 Å². The molecule has 49 valence electrons. The second kappa shape index (κ2) is 3.06. The van der Waals surface area contributed by atoms with Gasteiger partial charge in [0.05, 0.1) is 0 Å². The first-order chi connectivity index (χ1) is 4.38. The number of hydrogen-bond donors (Lipinski definition) is 0. The first-order valence-corrected chi connectivity index (χ1v) is 3.68. The lowest BCUT2D eigenvalue weighted by molar-refractivity contribution is 0.507. The van der Waals surface area contributed by atoms with E-state index in [1.807, 2.05) is 6.29 Å². The fourth-order valence-corrected chi connectivity index (χ4v) is 1.62. The van der Waals surface area contributed by atoms with Gasteiger partial charge in [0.25, 0.3) is 0 Å². The van der Waals surface area contributed by atoms with E-state index >= 15 is 0 Å². The predicted octanol–water partition coefficient (Wildman–Crippen LogP) is 1.51. The van der Waals surface area contributed by atoms with Crippen LogP contribution >= 0.6 is 12.2 Å². The average Bonchev–Trinajstić information content (AvgIpc) is 2.33. The molecule has 2 atom stereocenters. The van der Waals surface area contributed by atoms with Crippen LogP contribution in [0.15, 0.2) is 0 Å². The Labute approximate surface area is 60.4 Å². The van der Waals surface area contributed by atoms with E-state index in [1.165, 1.54) is 0 Å². The lowest BCUT2D eigenvalue weighted by atomic mass is 10.0. The minimum atomic E-state index is 0.113. The van der Waals surface area contributed by atoms with Crippen molar-refractivity contribution < 1.29 is 4.79 Å². The molecule has 1 rings (SSSR count). The van der Waals surface area contributed by atoms with Crippen LogP contribution in [0.2, 0.25) is 0 Å². The maximum absolute atomic E-state index is 10.2. The highest BCUT2D eigenvalue weighted by atomic mass is 32.1. The van der Waals surface area contributed by atoms with E-state index in [9.17, 15) is 4.79 Å². The van der Waals surface area contributed by atoms with E-state index < -0.39 is 0 Å². The van der Waals surface area contributed by atoms with Crippen LogP contribution in [0.3, 0.4) is 0 Å². The fraction of sp³-hybridized carbons (Fsp3) is 0.714. The van der Waals surface area contributed by atoms with Gasteiger partial charge in [0.2, 0.25) is 6.29 Å². The highest BCUT2D eigenvalue weighted by Crippen LogP contribution is 2.28. The molecule has 0 heterocycles. The Hall–Kier alpha value is -0.240. The molecular formula is C7H9OS. The summed E-state index contributed by atoms with van der Waals surface area (Å²) in [4.78, 5) is 10.2. The van der Waals surface area contributed by atoms with Crippen LogP contribution in [0.25, 0.3) is 0 Å². The second-order valence-corrected chi connectivity index (χ2v) is 2.73. The van der Waals surface area contributed by atoms with Crippen molar-refractivity contribution in [2.75, 3.05) is 0 Å². The van der Waals surface area contributed by atoms with Gasteiger partial charge in [0.15, 0.2) is 0 Å². The first kappa shape index (κ1) is 6.87. The smallest absolute Gasteiger partial charge is 0.202 e. The Morgan fingerprint density at radius 3 is 2.78 bits per heavy atom. The van der Waals surface area contributed by atoms with Crippen molar-refractivity contribution in [1.29, 1.82) is 0 Å². The molecule has 1 fully saturated rings. The quantitative estimate of drug-likeness (QED) is 0.542. The number of thiocarbonyl (C=S) groups is 1. The summed E-state index contributed by atoms with van der Waals surface area (Å²) in [6.07, 6.45) is 5.23. The summed E-state index contributed by atoms with van der Waals surface area (Å²) in [5, 5.41) is 1.71. The molecule has 0 aromatic heterocycles. The lowest BCUT2D eigenvalue weighted by Gasteiger charge is -2.03. The molecule has 2 unspecified atom stereocenters. The maximum atomic E-state index is 10.2. The SMILES string of the molecule is O=[C]C1CCCC1C=S. The van der Waals surface area contributed by atoms with Gasteiger partial charge in [-0.05, 0) is 24.1 Å². The molecular weight excluding hydrogens is 132 g/mol. The summed E-state index contributed by atoms with van der Waals surface area (Å²) in [7, 11) is 0. The summed E-state index contributed by atoms with van der Waals surface area (Å²) in [5.41, 5.74) is 0. The lowest BCUT2D eigenvalue weighted by Crippen LogP contribution is -2.08. The summed E-state index contributed by atoms with van der Waals surface area (Å²) >= 11 is 4.75. The number of hydrogen-bond acceptors (Lipinski definition) is 2. The standard InChI is InChI=1S/C7H9OS/c8-4-6-2-1-3-7(6)5-9/h5-7H,1-3H2. The molecule has 0 bridgehead atoms. The van der Waals surface area contributed by atoms with Gasteiger partial charge in [-0.1, -0.05) is 18.6 Å². The molecule has 1 radical (unpaired) electrons. The van der Waals surface area contributed by atoms with Gasteiger partial charge < -0.3 is 0 Å². The summed E-state index contributed by atoms with van der Waals surface area (Å²) in [6, 6.07) is 0. The summed E-state index contributed by atoms with van der Waals surface area (Å²) < 4.78 is 0. The predicted molar refractivity (Wildman–Crippen MR) is 40.2 cm³/mol. The molecule has 0 saturated heterocycles. The molecule has 0 amide bonds. The topological polar surface area (TPSA) is 17.1 Å². The normalized spacial score (nSPS) is 34.2. The summed E-state index contributed by atoms with van der Waals surface area (Å²) in [6.45, 7) is 0. The van der Waals surface area contributed by atoms with Crippen molar-refractivity contribution in [1.82, 2.24) is 0 Å². The Morgan fingerprint density at radius 2 is 2.33 bits per heavy atom. The Balaban J connectivity index is 2.50. The molecule has 9 heavy (non-hydrogen) atoms. The van der Waals surface area contributed by atoms with E-state index in [4.69, 9.17) is 12.2 Å². The van der Waals surface area contributed by atoms with Crippen molar-refractivity contribution in [2.24, 2.45) is 11.8 Å². The molecule has 0 aromatic rings. The molecule has 0 spiro atoms. The summed E-state index contributed by atoms with van der Waals surface area (Å²) in [5.74, 6) is 0.458. The highest BCUT2D eigenvalue weighted by Gasteiger charge is 2.24. The third-order valence-electron chi connectivity index (χ3n) is 1.90. The van der Waals surface area contributed by atoms with Gasteiger partial charge in [-0.15, -0.1) is 0 Å². The molecule has 1 nitrogen and oxygen atoms in total. The Bertz CT molecular complexity index is 108. The number of rotatable bonds is 2. The van der Waals surface area contributed by atoms with Gasteiger partial charge in [0, 0.05) is 5.92 Å². The van der Waals surface area contributed by atoms with Gasteiger partial charge in [0.1, 0.15) is 0 Å². The van der Waals surface area contributed by atoms with Crippen LogP contribution in [0.5, 0.6) is 0 Å². The molecule has 0 N–H and O–H groups in total. The van der Waals surface area contributed by atoms with Crippen LogP contribution < -0.4 is 0 Å². The minimum Gasteiger partial charge on any atom is -0.291 e. The van der Waals surface area contributed by atoms with Crippen molar-refractivity contribution in [3.8, 4) is 0 Å². The zero-order valence-electron chi connectivity index (χ0n) is 5.17. The minimum absolute atomic E-state index is 0.113.